The molecule has 0 heterocycles. The lowest BCUT2D eigenvalue weighted by atomic mass is 9.94. The Hall–Kier alpha value is -4.16. The number of allylic oxidation sites excluding steroid dienone is 2. The number of nitro benzene ring substituents is 1. The van der Waals surface area contributed by atoms with Crippen LogP contribution in [0.1, 0.15) is 18.1 Å². The molecule has 0 radical (unpaired) electrons. The zero-order valence-electron chi connectivity index (χ0n) is 18.8. The Morgan fingerprint density at radius 3 is 1.61 bits per heavy atom. The highest BCUT2D eigenvalue weighted by molar-refractivity contribution is 7.90. The van der Waals surface area contributed by atoms with E-state index in [2.05, 4.69) is 8.80 Å². The predicted molar refractivity (Wildman–Crippen MR) is 134 cm³/mol. The van der Waals surface area contributed by atoms with Gasteiger partial charge in [0, 0.05) is 23.3 Å². The van der Waals surface area contributed by atoms with Crippen LogP contribution in [0.15, 0.2) is 104 Å². The number of nitrogens with zero attached hydrogens (tertiary/aromatic N) is 3. The van der Waals surface area contributed by atoms with Crippen molar-refractivity contribution in [1.29, 1.82) is 0 Å². The number of benzene rings is 3. The first kappa shape index (κ1) is 24.9. The largest absolute Gasteiger partial charge is 0.494 e. The maximum Gasteiger partial charge on any atom is 0.282 e. The molecule has 12 heteroatoms. The summed E-state index contributed by atoms with van der Waals surface area (Å²) in [5, 5.41) is 10.8. The smallest absolute Gasteiger partial charge is 0.282 e. The van der Waals surface area contributed by atoms with Gasteiger partial charge in [0.05, 0.1) is 32.7 Å². The van der Waals surface area contributed by atoms with Crippen LogP contribution >= 0.6 is 0 Å². The fraction of sp³-hybridized carbons (Fsp3) is 0.0833. The van der Waals surface area contributed by atoms with Gasteiger partial charge in [-0.3, -0.25) is 10.1 Å². The van der Waals surface area contributed by atoms with Crippen molar-refractivity contribution < 1.29 is 26.5 Å². The van der Waals surface area contributed by atoms with E-state index in [0.717, 1.165) is 24.3 Å². The normalized spacial score (nSPS) is 15.6. The SMILES string of the molecule is CCOc1ccc(S(=O)(=O)/N=C2C=C/C(=N/S(=O)(=O)c3ccc([N+](=O)[O-])cc3)c3ccccc3\2)cc1. The second-order valence-electron chi connectivity index (χ2n) is 7.44. The Labute approximate surface area is 207 Å². The van der Waals surface area contributed by atoms with Gasteiger partial charge in [-0.1, -0.05) is 24.3 Å². The highest BCUT2D eigenvalue weighted by Crippen LogP contribution is 2.24. The quantitative estimate of drug-likeness (QED) is 0.336. The molecule has 1 aliphatic rings. The van der Waals surface area contributed by atoms with Gasteiger partial charge < -0.3 is 4.74 Å². The molecule has 4 rings (SSSR count). The van der Waals surface area contributed by atoms with Crippen LogP contribution in [0, 0.1) is 10.1 Å². The highest BCUT2D eigenvalue weighted by atomic mass is 32.2. The van der Waals surface area contributed by atoms with Gasteiger partial charge in [-0.25, -0.2) is 0 Å². The Morgan fingerprint density at radius 1 is 0.750 bits per heavy atom. The molecule has 0 saturated heterocycles. The lowest BCUT2D eigenvalue weighted by Gasteiger charge is -2.15. The predicted octanol–water partition coefficient (Wildman–Crippen LogP) is 3.92. The van der Waals surface area contributed by atoms with Gasteiger partial charge in [0.2, 0.25) is 0 Å². The number of hydrogen-bond acceptors (Lipinski definition) is 7. The summed E-state index contributed by atoms with van der Waals surface area (Å²) in [7, 11) is -8.28. The highest BCUT2D eigenvalue weighted by Gasteiger charge is 2.23. The van der Waals surface area contributed by atoms with E-state index < -0.39 is 25.0 Å². The molecule has 0 aromatic heterocycles. The van der Waals surface area contributed by atoms with Crippen LogP contribution in [-0.2, 0) is 20.0 Å². The third-order valence-electron chi connectivity index (χ3n) is 5.09. The third-order valence-corrected chi connectivity index (χ3v) is 7.70. The van der Waals surface area contributed by atoms with Crippen molar-refractivity contribution in [2.75, 3.05) is 6.61 Å². The maximum absolute atomic E-state index is 12.9. The molecule has 0 saturated carbocycles. The molecule has 0 spiro atoms. The summed E-state index contributed by atoms with van der Waals surface area (Å²) in [5.74, 6) is 0.530. The minimum absolute atomic E-state index is 0.0236. The Kier molecular flexibility index (Phi) is 6.82. The topological polar surface area (TPSA) is 145 Å². The van der Waals surface area contributed by atoms with Crippen molar-refractivity contribution in [3.63, 3.8) is 0 Å². The zero-order chi connectivity index (χ0) is 25.9. The van der Waals surface area contributed by atoms with Gasteiger partial charge >= 0.3 is 0 Å². The molecular weight excluding hydrogens is 506 g/mol. The van der Waals surface area contributed by atoms with Gasteiger partial charge in [-0.15, -0.1) is 0 Å². The molecule has 3 aromatic rings. The van der Waals surface area contributed by atoms with E-state index in [1.807, 2.05) is 6.92 Å². The molecule has 10 nitrogen and oxygen atoms in total. The lowest BCUT2D eigenvalue weighted by molar-refractivity contribution is -0.384. The standard InChI is InChI=1S/C24H19N3O7S2/c1-2-34-18-9-13-20(14-10-18)36(32,33)26-24-16-15-23(21-5-3-4-6-22(21)24)25-35(30,31)19-11-7-17(8-12-19)27(28)29/h3-16H,2H2,1H3/b25-23-,26-24+. The van der Waals surface area contributed by atoms with Gasteiger partial charge in [-0.2, -0.15) is 25.6 Å². The Balaban J connectivity index is 1.71. The molecule has 0 bridgehead atoms. The van der Waals surface area contributed by atoms with Crippen molar-refractivity contribution >= 4 is 37.2 Å². The van der Waals surface area contributed by atoms with E-state index >= 15 is 0 Å². The van der Waals surface area contributed by atoms with Crippen LogP contribution in [0.25, 0.3) is 0 Å². The summed E-state index contributed by atoms with van der Waals surface area (Å²) < 4.78 is 64.7. The monoisotopic (exact) mass is 525 g/mol. The molecule has 36 heavy (non-hydrogen) atoms. The molecule has 0 fully saturated rings. The fourth-order valence-corrected chi connectivity index (χ4v) is 5.41. The van der Waals surface area contributed by atoms with E-state index in [0.29, 0.717) is 23.5 Å². The first-order chi connectivity index (χ1) is 17.1. The number of nitro groups is 1. The second-order valence-corrected chi connectivity index (χ2v) is 10.6. The molecule has 1 aliphatic carbocycles. The average molecular weight is 526 g/mol. The van der Waals surface area contributed by atoms with Crippen molar-refractivity contribution in [3.05, 3.63) is 106 Å². The Morgan fingerprint density at radius 2 is 1.19 bits per heavy atom. The fourth-order valence-electron chi connectivity index (χ4n) is 3.41. The molecule has 0 N–H and O–H groups in total. The summed E-state index contributed by atoms with van der Waals surface area (Å²) in [6.07, 6.45) is 2.73. The molecule has 0 atom stereocenters. The van der Waals surface area contributed by atoms with Crippen LogP contribution < -0.4 is 4.74 Å². The summed E-state index contributed by atoms with van der Waals surface area (Å²) in [4.78, 5) is 9.96. The van der Waals surface area contributed by atoms with E-state index in [-0.39, 0.29) is 26.9 Å². The molecule has 184 valence electrons. The van der Waals surface area contributed by atoms with E-state index in [1.165, 1.54) is 36.4 Å². The average Bonchev–Trinajstić information content (AvgIpc) is 2.86. The number of ether oxygens (including phenoxy) is 1. The Bertz CT molecular complexity index is 1620. The van der Waals surface area contributed by atoms with Gasteiger partial charge in [0.1, 0.15) is 5.75 Å². The zero-order valence-corrected chi connectivity index (χ0v) is 20.4. The minimum Gasteiger partial charge on any atom is -0.494 e. The number of non-ortho nitro benzene ring substituents is 1. The first-order valence-corrected chi connectivity index (χ1v) is 13.4. The van der Waals surface area contributed by atoms with Crippen molar-refractivity contribution in [1.82, 2.24) is 0 Å². The van der Waals surface area contributed by atoms with Gasteiger partial charge in [0.15, 0.2) is 0 Å². The summed E-state index contributed by atoms with van der Waals surface area (Å²) in [6.45, 7) is 2.26. The van der Waals surface area contributed by atoms with Gasteiger partial charge in [-0.05, 0) is 55.5 Å². The van der Waals surface area contributed by atoms with E-state index in [4.69, 9.17) is 4.74 Å². The summed E-state index contributed by atoms with van der Waals surface area (Å²) >= 11 is 0. The molecular formula is C24H19N3O7S2. The van der Waals surface area contributed by atoms with Crippen molar-refractivity contribution in [2.45, 2.75) is 16.7 Å². The summed E-state index contributed by atoms with van der Waals surface area (Å²) in [6, 6.07) is 16.8. The van der Waals surface area contributed by atoms with E-state index in [9.17, 15) is 26.9 Å². The molecule has 0 aliphatic heterocycles. The maximum atomic E-state index is 12.9. The lowest BCUT2D eigenvalue weighted by Crippen LogP contribution is -2.16. The van der Waals surface area contributed by atoms with Gasteiger partial charge in [0.25, 0.3) is 25.7 Å². The number of sulfonamides is 2. The van der Waals surface area contributed by atoms with Crippen LogP contribution in [0.3, 0.4) is 0 Å². The van der Waals surface area contributed by atoms with Crippen LogP contribution in [0.4, 0.5) is 5.69 Å². The van der Waals surface area contributed by atoms with Crippen molar-refractivity contribution in [2.24, 2.45) is 8.80 Å². The minimum atomic E-state index is -4.21. The van der Waals surface area contributed by atoms with Crippen LogP contribution in [-0.4, -0.2) is 39.8 Å². The molecule has 3 aromatic carbocycles. The third kappa shape index (κ3) is 5.24. The second kappa shape index (κ2) is 9.84. The number of hydrogen-bond donors (Lipinski definition) is 0. The molecule has 0 amide bonds. The summed E-state index contributed by atoms with van der Waals surface area (Å²) in [5.41, 5.74) is 0.685. The van der Waals surface area contributed by atoms with Crippen LogP contribution in [0.2, 0.25) is 0 Å². The van der Waals surface area contributed by atoms with Crippen LogP contribution in [0.5, 0.6) is 5.75 Å². The number of rotatable bonds is 7. The number of fused-ring (bicyclic) bond motifs is 1. The first-order valence-electron chi connectivity index (χ1n) is 10.6. The van der Waals surface area contributed by atoms with Crippen molar-refractivity contribution in [3.8, 4) is 5.75 Å². The van der Waals surface area contributed by atoms with E-state index in [1.54, 1.807) is 24.3 Å². The molecule has 0 unspecified atom stereocenters.